The highest BCUT2D eigenvalue weighted by molar-refractivity contribution is 5.88. The molecule has 0 aliphatic heterocycles. The minimum atomic E-state index is -0.155. The van der Waals surface area contributed by atoms with Gasteiger partial charge in [-0.3, -0.25) is 4.98 Å². The van der Waals surface area contributed by atoms with E-state index in [-0.39, 0.29) is 11.4 Å². The maximum absolute atomic E-state index is 11.9. The summed E-state index contributed by atoms with van der Waals surface area (Å²) in [5.74, 6) is 0.856. The van der Waals surface area contributed by atoms with Crippen molar-refractivity contribution in [1.82, 2.24) is 4.98 Å². The minimum absolute atomic E-state index is 0.155. The highest BCUT2D eigenvalue weighted by Crippen LogP contribution is 2.58. The predicted molar refractivity (Wildman–Crippen MR) is 94.6 cm³/mol. The van der Waals surface area contributed by atoms with Gasteiger partial charge in [-0.1, -0.05) is 25.1 Å². The zero-order valence-corrected chi connectivity index (χ0v) is 14.3. The van der Waals surface area contributed by atoms with Gasteiger partial charge in [-0.2, -0.15) is 0 Å². The number of rotatable bonds is 2. The first kappa shape index (κ1) is 15.4. The van der Waals surface area contributed by atoms with Crippen LogP contribution in [0.2, 0.25) is 0 Å². The highest BCUT2D eigenvalue weighted by Gasteiger charge is 2.48. The lowest BCUT2D eigenvalue weighted by Crippen LogP contribution is -2.31. The number of hydrogen-bond acceptors (Lipinski definition) is 3. The second kappa shape index (κ2) is 5.73. The predicted octanol–water partition coefficient (Wildman–Crippen LogP) is 4.63. The van der Waals surface area contributed by atoms with Crippen LogP contribution >= 0.6 is 0 Å². The van der Waals surface area contributed by atoms with Crippen molar-refractivity contribution in [2.45, 2.75) is 38.5 Å². The fourth-order valence-corrected chi connectivity index (χ4v) is 4.80. The Balaban J connectivity index is 1.68. The third-order valence-electron chi connectivity index (χ3n) is 6.26. The Morgan fingerprint density at radius 1 is 1.25 bits per heavy atom. The van der Waals surface area contributed by atoms with Crippen molar-refractivity contribution in [1.29, 1.82) is 0 Å². The van der Waals surface area contributed by atoms with Gasteiger partial charge in [-0.15, -0.1) is 0 Å². The second-order valence-corrected chi connectivity index (χ2v) is 7.41. The fourth-order valence-electron chi connectivity index (χ4n) is 4.80. The molecule has 0 unspecified atom stereocenters. The van der Waals surface area contributed by atoms with Gasteiger partial charge < -0.3 is 4.74 Å². The third-order valence-corrected chi connectivity index (χ3v) is 6.26. The first-order valence-electron chi connectivity index (χ1n) is 8.74. The summed E-state index contributed by atoms with van der Waals surface area (Å²) in [5.41, 5.74) is 2.51. The Hall–Kier alpha value is -2.16. The number of allylic oxidation sites excluding steroid dienone is 1. The number of fused-ring (bicyclic) bond motifs is 2. The maximum atomic E-state index is 11.9. The Morgan fingerprint density at radius 2 is 2.12 bits per heavy atom. The number of esters is 1. The number of pyridine rings is 1. The Labute approximate surface area is 142 Å². The lowest BCUT2D eigenvalue weighted by Gasteiger charge is -2.39. The summed E-state index contributed by atoms with van der Waals surface area (Å²) < 4.78 is 4.92. The normalized spacial score (nSPS) is 29.2. The van der Waals surface area contributed by atoms with E-state index in [1.54, 1.807) is 0 Å². The van der Waals surface area contributed by atoms with Crippen LogP contribution in [0.1, 0.15) is 44.1 Å². The quantitative estimate of drug-likeness (QED) is 0.757. The molecule has 2 aliphatic rings. The minimum Gasteiger partial charge on any atom is -0.466 e. The molecule has 4 rings (SSSR count). The van der Waals surface area contributed by atoms with Crippen LogP contribution in [0.3, 0.4) is 0 Å². The van der Waals surface area contributed by atoms with Crippen LogP contribution in [0.4, 0.5) is 0 Å². The molecule has 0 amide bonds. The molecule has 3 heteroatoms. The smallest absolute Gasteiger partial charge is 0.333 e. The van der Waals surface area contributed by atoms with Gasteiger partial charge in [0.1, 0.15) is 0 Å². The van der Waals surface area contributed by atoms with E-state index in [0.717, 1.165) is 24.8 Å². The third kappa shape index (κ3) is 2.34. The number of carbonyl (C=O) groups is 1. The molecule has 2 aromatic rings. The molecule has 1 fully saturated rings. The molecule has 1 saturated carbocycles. The standard InChI is InChI=1S/C21H23NO2/c1-21-9-7-16(20(23)24-2)12-18(21)5-6-19(21)15-4-3-14-8-10-22-13-17(14)11-15/h3-4,8,10-13,18-19H,5-7,9H2,1-2H3/t18-,19+,21-/m0/s1. The van der Waals surface area contributed by atoms with Gasteiger partial charge in [-0.05, 0) is 66.0 Å². The van der Waals surface area contributed by atoms with Gasteiger partial charge in [0.25, 0.3) is 0 Å². The summed E-state index contributed by atoms with van der Waals surface area (Å²) in [5, 5.41) is 2.45. The summed E-state index contributed by atoms with van der Waals surface area (Å²) in [7, 11) is 1.47. The average Bonchev–Trinajstić information content (AvgIpc) is 2.96. The Kier molecular flexibility index (Phi) is 3.67. The molecule has 3 atom stereocenters. The summed E-state index contributed by atoms with van der Waals surface area (Å²) in [6.07, 6.45) is 10.2. The molecule has 1 heterocycles. The van der Waals surface area contributed by atoms with E-state index in [9.17, 15) is 4.79 Å². The van der Waals surface area contributed by atoms with Crippen molar-refractivity contribution in [3.8, 4) is 0 Å². The van der Waals surface area contributed by atoms with E-state index in [1.807, 2.05) is 12.4 Å². The molecule has 0 radical (unpaired) electrons. The molecule has 3 nitrogen and oxygen atoms in total. The molecule has 2 aliphatic carbocycles. The van der Waals surface area contributed by atoms with Gasteiger partial charge in [-0.25, -0.2) is 4.79 Å². The number of methoxy groups -OCH3 is 1. The monoisotopic (exact) mass is 321 g/mol. The lowest BCUT2D eigenvalue weighted by atomic mass is 9.65. The molecule has 0 saturated heterocycles. The van der Waals surface area contributed by atoms with Gasteiger partial charge >= 0.3 is 5.97 Å². The van der Waals surface area contributed by atoms with E-state index in [2.05, 4.69) is 42.2 Å². The summed E-state index contributed by atoms with van der Waals surface area (Å²) in [4.78, 5) is 16.1. The number of nitrogens with zero attached hydrogens (tertiary/aromatic N) is 1. The van der Waals surface area contributed by atoms with Crippen LogP contribution in [0, 0.1) is 11.3 Å². The summed E-state index contributed by atoms with van der Waals surface area (Å²) in [6.45, 7) is 2.40. The first-order valence-corrected chi connectivity index (χ1v) is 8.74. The summed E-state index contributed by atoms with van der Waals surface area (Å²) >= 11 is 0. The molecule has 0 spiro atoms. The first-order chi connectivity index (χ1) is 11.6. The van der Waals surface area contributed by atoms with Crippen LogP contribution < -0.4 is 0 Å². The van der Waals surface area contributed by atoms with Crippen molar-refractivity contribution in [2.24, 2.45) is 11.3 Å². The van der Waals surface area contributed by atoms with Crippen LogP contribution in [0.5, 0.6) is 0 Å². The topological polar surface area (TPSA) is 39.2 Å². The SMILES string of the molecule is COC(=O)C1=C[C@@H]2CC[C@H](c3ccc4ccncc4c3)[C@@]2(C)CC1. The van der Waals surface area contributed by atoms with E-state index < -0.39 is 0 Å². The van der Waals surface area contributed by atoms with Crippen LogP contribution in [-0.2, 0) is 9.53 Å². The maximum Gasteiger partial charge on any atom is 0.333 e. The molecular weight excluding hydrogens is 298 g/mol. The number of benzene rings is 1. The van der Waals surface area contributed by atoms with Gasteiger partial charge in [0.2, 0.25) is 0 Å². The number of ether oxygens (including phenoxy) is 1. The van der Waals surface area contributed by atoms with Crippen molar-refractivity contribution in [2.75, 3.05) is 7.11 Å². The molecule has 0 bridgehead atoms. The van der Waals surface area contributed by atoms with Gasteiger partial charge in [0, 0.05) is 23.4 Å². The van der Waals surface area contributed by atoms with Gasteiger partial charge in [0.15, 0.2) is 0 Å². The Bertz CT molecular complexity index is 825. The zero-order valence-electron chi connectivity index (χ0n) is 14.3. The average molecular weight is 321 g/mol. The lowest BCUT2D eigenvalue weighted by molar-refractivity contribution is -0.136. The van der Waals surface area contributed by atoms with Crippen molar-refractivity contribution < 1.29 is 9.53 Å². The second-order valence-electron chi connectivity index (χ2n) is 7.41. The highest BCUT2D eigenvalue weighted by atomic mass is 16.5. The molecule has 0 N–H and O–H groups in total. The van der Waals surface area contributed by atoms with E-state index in [4.69, 9.17) is 4.74 Å². The van der Waals surface area contributed by atoms with E-state index >= 15 is 0 Å². The largest absolute Gasteiger partial charge is 0.466 e. The van der Waals surface area contributed by atoms with E-state index in [1.165, 1.54) is 29.9 Å². The van der Waals surface area contributed by atoms with Gasteiger partial charge in [0.05, 0.1) is 7.11 Å². The van der Waals surface area contributed by atoms with Crippen LogP contribution in [-0.4, -0.2) is 18.1 Å². The van der Waals surface area contributed by atoms with Crippen LogP contribution in [0.15, 0.2) is 48.3 Å². The number of aromatic nitrogens is 1. The van der Waals surface area contributed by atoms with Crippen molar-refractivity contribution in [3.63, 3.8) is 0 Å². The zero-order chi connectivity index (χ0) is 16.7. The summed E-state index contributed by atoms with van der Waals surface area (Å²) in [6, 6.07) is 8.85. The van der Waals surface area contributed by atoms with Crippen molar-refractivity contribution >= 4 is 16.7 Å². The fraction of sp³-hybridized carbons (Fsp3) is 0.429. The van der Waals surface area contributed by atoms with E-state index in [0.29, 0.717) is 11.8 Å². The number of hydrogen-bond donors (Lipinski definition) is 0. The molecule has 1 aromatic carbocycles. The Morgan fingerprint density at radius 3 is 2.96 bits per heavy atom. The van der Waals surface area contributed by atoms with Crippen LogP contribution in [0.25, 0.3) is 10.8 Å². The molecular formula is C21H23NO2. The van der Waals surface area contributed by atoms with Crippen molar-refractivity contribution in [3.05, 3.63) is 53.9 Å². The molecule has 1 aromatic heterocycles. The molecule has 124 valence electrons. The number of carbonyl (C=O) groups excluding carboxylic acids is 1. The molecule has 24 heavy (non-hydrogen) atoms.